The number of halogens is 3. The van der Waals surface area contributed by atoms with Crippen LogP contribution in [0.3, 0.4) is 0 Å². The van der Waals surface area contributed by atoms with Crippen LogP contribution in [0.2, 0.25) is 0 Å². The molecule has 2 heterocycles. The molecule has 2 aromatic rings. The molecule has 11 heteroatoms. The van der Waals surface area contributed by atoms with Crippen molar-refractivity contribution in [3.05, 3.63) is 45.6 Å². The van der Waals surface area contributed by atoms with E-state index in [9.17, 15) is 26.4 Å². The van der Waals surface area contributed by atoms with E-state index >= 15 is 0 Å². The Hall–Kier alpha value is -2.14. The first-order valence-corrected chi connectivity index (χ1v) is 9.14. The van der Waals surface area contributed by atoms with Gasteiger partial charge in [0, 0.05) is 20.0 Å². The molecule has 142 valence electrons. The van der Waals surface area contributed by atoms with Crippen LogP contribution in [0.15, 0.2) is 32.5 Å². The summed E-state index contributed by atoms with van der Waals surface area (Å²) in [5.74, 6) is -0.0784. The molecule has 1 aliphatic carbocycles. The zero-order chi connectivity index (χ0) is 19.3. The first-order chi connectivity index (χ1) is 12.0. The van der Waals surface area contributed by atoms with Gasteiger partial charge in [0.2, 0.25) is 5.09 Å². The molecule has 0 unspecified atom stereocenters. The van der Waals surface area contributed by atoms with Crippen LogP contribution in [0, 0.1) is 0 Å². The molecule has 2 aromatic heterocycles. The number of aromatic nitrogens is 2. The third-order valence-electron chi connectivity index (χ3n) is 3.97. The van der Waals surface area contributed by atoms with E-state index in [-0.39, 0.29) is 22.5 Å². The predicted octanol–water partition coefficient (Wildman–Crippen LogP) is 2.03. The molecule has 0 spiro atoms. The van der Waals surface area contributed by atoms with Crippen molar-refractivity contribution in [2.45, 2.75) is 36.6 Å². The van der Waals surface area contributed by atoms with Gasteiger partial charge < -0.3 is 4.42 Å². The Balaban J connectivity index is 1.99. The third-order valence-corrected chi connectivity index (χ3v) is 5.66. The van der Waals surface area contributed by atoms with E-state index in [0.717, 1.165) is 10.4 Å². The number of furan rings is 1. The standard InChI is InChI=1S/C15H16F3N3O4S/c1-20(2)26(23,24)13-6-5-10(25-13)8-21-14(22)11(15(16,17)18)7-12(19-21)9-3-4-9/h5-7,9H,3-4,8H2,1-2H3. The fraction of sp³-hybridized carbons (Fsp3) is 0.467. The van der Waals surface area contributed by atoms with E-state index in [0.29, 0.717) is 17.5 Å². The number of rotatable bonds is 5. The van der Waals surface area contributed by atoms with Gasteiger partial charge in [-0.1, -0.05) is 0 Å². The minimum absolute atomic E-state index is 0.0149. The minimum atomic E-state index is -4.80. The summed E-state index contributed by atoms with van der Waals surface area (Å²) in [5, 5.41) is 3.63. The van der Waals surface area contributed by atoms with Gasteiger partial charge in [-0.2, -0.15) is 18.3 Å². The molecule has 0 amide bonds. The zero-order valence-corrected chi connectivity index (χ0v) is 14.8. The molecule has 0 radical (unpaired) electrons. The predicted molar refractivity (Wildman–Crippen MR) is 84.2 cm³/mol. The summed E-state index contributed by atoms with van der Waals surface area (Å²) in [6, 6.07) is 3.27. The van der Waals surface area contributed by atoms with Crippen LogP contribution < -0.4 is 5.56 Å². The summed E-state index contributed by atoms with van der Waals surface area (Å²) in [5.41, 5.74) is -2.39. The van der Waals surface area contributed by atoms with E-state index in [4.69, 9.17) is 4.42 Å². The third kappa shape index (κ3) is 3.54. The molecular formula is C15H16F3N3O4S. The molecular weight excluding hydrogens is 375 g/mol. The lowest BCUT2D eigenvalue weighted by Gasteiger charge is -2.11. The Kier molecular flexibility index (Phi) is 4.47. The highest BCUT2D eigenvalue weighted by molar-refractivity contribution is 7.88. The van der Waals surface area contributed by atoms with Crippen LogP contribution in [0.1, 0.15) is 35.8 Å². The molecule has 3 rings (SSSR count). The average molecular weight is 391 g/mol. The van der Waals surface area contributed by atoms with Gasteiger partial charge in [-0.3, -0.25) is 4.79 Å². The van der Waals surface area contributed by atoms with Gasteiger partial charge in [0.15, 0.2) is 0 Å². The van der Waals surface area contributed by atoms with Crippen molar-refractivity contribution in [2.75, 3.05) is 14.1 Å². The molecule has 26 heavy (non-hydrogen) atoms. The number of sulfonamides is 1. The number of alkyl halides is 3. The fourth-order valence-corrected chi connectivity index (χ4v) is 3.17. The van der Waals surface area contributed by atoms with Crippen LogP contribution >= 0.6 is 0 Å². The average Bonchev–Trinajstić information content (AvgIpc) is 3.27. The summed E-state index contributed by atoms with van der Waals surface area (Å²) in [6.45, 7) is -0.397. The molecule has 0 aromatic carbocycles. The van der Waals surface area contributed by atoms with Crippen molar-refractivity contribution >= 4 is 10.0 Å². The smallest absolute Gasteiger partial charge is 0.421 e. The Labute approximate surface area is 147 Å². The molecule has 1 fully saturated rings. The van der Waals surface area contributed by atoms with Crippen LogP contribution in [0.25, 0.3) is 0 Å². The van der Waals surface area contributed by atoms with Crippen LogP contribution in [0.4, 0.5) is 13.2 Å². The fourth-order valence-electron chi connectivity index (χ4n) is 2.36. The molecule has 1 saturated carbocycles. The summed E-state index contributed by atoms with van der Waals surface area (Å²) in [6.07, 6.45) is -3.36. The highest BCUT2D eigenvalue weighted by Crippen LogP contribution is 2.40. The maximum atomic E-state index is 13.1. The van der Waals surface area contributed by atoms with E-state index in [1.807, 2.05) is 0 Å². The summed E-state index contributed by atoms with van der Waals surface area (Å²) >= 11 is 0. The van der Waals surface area contributed by atoms with Crippen LogP contribution in [-0.2, 0) is 22.7 Å². The van der Waals surface area contributed by atoms with Crippen molar-refractivity contribution in [3.63, 3.8) is 0 Å². The monoisotopic (exact) mass is 391 g/mol. The van der Waals surface area contributed by atoms with Crippen LogP contribution in [-0.4, -0.2) is 36.6 Å². The van der Waals surface area contributed by atoms with Crippen molar-refractivity contribution in [2.24, 2.45) is 0 Å². The normalized spacial score (nSPS) is 15.6. The number of hydrogen-bond donors (Lipinski definition) is 0. The van der Waals surface area contributed by atoms with Gasteiger partial charge in [-0.05, 0) is 31.0 Å². The lowest BCUT2D eigenvalue weighted by molar-refractivity contribution is -0.139. The van der Waals surface area contributed by atoms with E-state index in [1.54, 1.807) is 0 Å². The van der Waals surface area contributed by atoms with Gasteiger partial charge in [0.25, 0.3) is 15.6 Å². The summed E-state index contributed by atoms with van der Waals surface area (Å²) < 4.78 is 70.2. The maximum Gasteiger partial charge on any atom is 0.421 e. The van der Waals surface area contributed by atoms with Gasteiger partial charge in [-0.15, -0.1) is 0 Å². The van der Waals surface area contributed by atoms with Crippen molar-refractivity contribution in [1.82, 2.24) is 14.1 Å². The Morgan fingerprint density at radius 1 is 1.31 bits per heavy atom. The lowest BCUT2D eigenvalue weighted by Crippen LogP contribution is -2.31. The van der Waals surface area contributed by atoms with E-state index in [1.165, 1.54) is 26.2 Å². The summed E-state index contributed by atoms with van der Waals surface area (Å²) in [4.78, 5) is 12.1. The quantitative estimate of drug-likeness (QED) is 0.779. The van der Waals surface area contributed by atoms with Crippen molar-refractivity contribution in [3.8, 4) is 0 Å². The zero-order valence-electron chi connectivity index (χ0n) is 13.9. The second kappa shape index (κ2) is 6.23. The van der Waals surface area contributed by atoms with Gasteiger partial charge in [-0.25, -0.2) is 17.4 Å². The second-order valence-corrected chi connectivity index (χ2v) is 8.31. The summed E-state index contributed by atoms with van der Waals surface area (Å²) in [7, 11) is -1.19. The van der Waals surface area contributed by atoms with Gasteiger partial charge in [0.05, 0.1) is 5.69 Å². The highest BCUT2D eigenvalue weighted by Gasteiger charge is 2.37. The van der Waals surface area contributed by atoms with E-state index in [2.05, 4.69) is 5.10 Å². The van der Waals surface area contributed by atoms with Gasteiger partial charge >= 0.3 is 6.18 Å². The Bertz CT molecular complexity index is 988. The molecule has 0 saturated heterocycles. The van der Waals surface area contributed by atoms with Crippen molar-refractivity contribution < 1.29 is 26.0 Å². The molecule has 0 aliphatic heterocycles. The molecule has 0 N–H and O–H groups in total. The SMILES string of the molecule is CN(C)S(=O)(=O)c1ccc(Cn2nc(C3CC3)cc(C(F)(F)F)c2=O)o1. The minimum Gasteiger partial charge on any atom is -0.446 e. The van der Waals surface area contributed by atoms with Crippen LogP contribution in [0.5, 0.6) is 0 Å². The van der Waals surface area contributed by atoms with Gasteiger partial charge in [0.1, 0.15) is 17.9 Å². The molecule has 7 nitrogen and oxygen atoms in total. The molecule has 0 bridgehead atoms. The Morgan fingerprint density at radius 2 is 1.96 bits per heavy atom. The Morgan fingerprint density at radius 3 is 2.50 bits per heavy atom. The number of hydrogen-bond acceptors (Lipinski definition) is 5. The topological polar surface area (TPSA) is 85.4 Å². The number of nitrogens with zero attached hydrogens (tertiary/aromatic N) is 3. The second-order valence-electron chi connectivity index (χ2n) is 6.23. The lowest BCUT2D eigenvalue weighted by atomic mass is 10.2. The maximum absolute atomic E-state index is 13.1. The first-order valence-electron chi connectivity index (χ1n) is 7.70. The highest BCUT2D eigenvalue weighted by atomic mass is 32.2. The molecule has 0 atom stereocenters. The first kappa shape index (κ1) is 18.6. The molecule has 1 aliphatic rings. The van der Waals surface area contributed by atoms with E-state index < -0.39 is 33.9 Å². The largest absolute Gasteiger partial charge is 0.446 e. The van der Waals surface area contributed by atoms with Crippen molar-refractivity contribution in [1.29, 1.82) is 0 Å².